The van der Waals surface area contributed by atoms with Crippen LogP contribution in [0.2, 0.25) is 0 Å². The minimum absolute atomic E-state index is 0.233. The van der Waals surface area contributed by atoms with E-state index < -0.39 is 0 Å². The summed E-state index contributed by atoms with van der Waals surface area (Å²) in [5.41, 5.74) is 7.07. The largest absolute Gasteiger partial charge is 0.508 e. The molecule has 0 radical (unpaired) electrons. The Hall–Kier alpha value is -2.14. The van der Waals surface area contributed by atoms with E-state index in [1.165, 1.54) is 0 Å². The van der Waals surface area contributed by atoms with Gasteiger partial charge < -0.3 is 15.7 Å². The Bertz CT molecular complexity index is 569. The van der Waals surface area contributed by atoms with Crippen molar-refractivity contribution in [3.05, 3.63) is 48.2 Å². The number of pyridine rings is 1. The second-order valence-corrected chi connectivity index (χ2v) is 4.26. The number of phenolic OH excluding ortho intramolecular Hbond substituents is 1. The second kappa shape index (κ2) is 5.01. The highest BCUT2D eigenvalue weighted by atomic mass is 32.1. The van der Waals surface area contributed by atoms with Crippen molar-refractivity contribution in [2.75, 3.05) is 11.9 Å². The summed E-state index contributed by atoms with van der Waals surface area (Å²) in [6, 6.07) is 12.4. The van der Waals surface area contributed by atoms with Crippen molar-refractivity contribution in [2.24, 2.45) is 5.73 Å². The van der Waals surface area contributed by atoms with Gasteiger partial charge in [0.2, 0.25) is 0 Å². The molecule has 1 aromatic carbocycles. The lowest BCUT2D eigenvalue weighted by Crippen LogP contribution is -2.16. The van der Waals surface area contributed by atoms with Crippen LogP contribution in [0.25, 0.3) is 0 Å². The van der Waals surface area contributed by atoms with Crippen molar-refractivity contribution in [1.82, 2.24) is 4.98 Å². The molecule has 5 heteroatoms. The number of thiocarbonyl (C=S) groups is 1. The highest BCUT2D eigenvalue weighted by Gasteiger charge is 2.07. The summed E-state index contributed by atoms with van der Waals surface area (Å²) in [6.07, 6.45) is 0. The van der Waals surface area contributed by atoms with Crippen LogP contribution in [0.15, 0.2) is 42.5 Å². The van der Waals surface area contributed by atoms with Crippen LogP contribution in [-0.2, 0) is 0 Å². The van der Waals surface area contributed by atoms with E-state index in [0.29, 0.717) is 5.69 Å². The normalized spacial score (nSPS) is 10.1. The number of phenols is 1. The van der Waals surface area contributed by atoms with Crippen molar-refractivity contribution < 1.29 is 5.11 Å². The van der Waals surface area contributed by atoms with E-state index in [0.717, 1.165) is 11.5 Å². The van der Waals surface area contributed by atoms with Crippen molar-refractivity contribution in [3.8, 4) is 5.75 Å². The lowest BCUT2D eigenvalue weighted by atomic mass is 10.2. The average molecular weight is 259 g/mol. The molecule has 0 saturated heterocycles. The van der Waals surface area contributed by atoms with Crippen LogP contribution in [0, 0.1) is 0 Å². The summed E-state index contributed by atoms with van der Waals surface area (Å²) in [4.78, 5) is 6.53. The van der Waals surface area contributed by atoms with Gasteiger partial charge in [-0.3, -0.25) is 0 Å². The Morgan fingerprint density at radius 2 is 1.89 bits per heavy atom. The number of aromatic hydroxyl groups is 1. The van der Waals surface area contributed by atoms with Gasteiger partial charge in [0.15, 0.2) is 0 Å². The summed E-state index contributed by atoms with van der Waals surface area (Å²) in [6.45, 7) is 0. The molecule has 0 unspecified atom stereocenters. The first-order valence-corrected chi connectivity index (χ1v) is 5.78. The Labute approximate surface area is 111 Å². The molecule has 0 aliphatic carbocycles. The van der Waals surface area contributed by atoms with E-state index in [1.54, 1.807) is 18.2 Å². The van der Waals surface area contributed by atoms with Gasteiger partial charge >= 0.3 is 0 Å². The van der Waals surface area contributed by atoms with Crippen LogP contribution in [-0.4, -0.2) is 22.1 Å². The average Bonchev–Trinajstić information content (AvgIpc) is 2.39. The molecule has 92 valence electrons. The van der Waals surface area contributed by atoms with Crippen LogP contribution < -0.4 is 10.6 Å². The van der Waals surface area contributed by atoms with Crippen LogP contribution >= 0.6 is 12.2 Å². The van der Waals surface area contributed by atoms with E-state index in [4.69, 9.17) is 18.0 Å². The maximum Gasteiger partial charge on any atom is 0.133 e. The van der Waals surface area contributed by atoms with Gasteiger partial charge in [0.25, 0.3) is 0 Å². The van der Waals surface area contributed by atoms with Crippen LogP contribution in [0.3, 0.4) is 0 Å². The first kappa shape index (κ1) is 12.3. The van der Waals surface area contributed by atoms with E-state index in [9.17, 15) is 5.11 Å². The highest BCUT2D eigenvalue weighted by molar-refractivity contribution is 7.80. The lowest BCUT2D eigenvalue weighted by Gasteiger charge is -2.18. The predicted octanol–water partition coefficient (Wildman–Crippen LogP) is 2.19. The Kier molecular flexibility index (Phi) is 3.43. The molecule has 3 N–H and O–H groups in total. The standard InChI is InChI=1S/C13H13N3OS/c1-16(9-5-7-10(17)8-6-9)12-4-2-3-11(15-12)13(14)18/h2-8,17H,1H3,(H2,14,18). The topological polar surface area (TPSA) is 62.4 Å². The van der Waals surface area contributed by atoms with Gasteiger partial charge in [-0.1, -0.05) is 18.3 Å². The third-order valence-electron chi connectivity index (χ3n) is 2.57. The van der Waals surface area contributed by atoms with Crippen LogP contribution in [0.1, 0.15) is 5.69 Å². The number of nitrogens with two attached hydrogens (primary N) is 1. The Balaban J connectivity index is 2.33. The van der Waals surface area contributed by atoms with Crippen molar-refractivity contribution >= 4 is 28.7 Å². The third-order valence-corrected chi connectivity index (χ3v) is 2.78. The number of hydrogen-bond acceptors (Lipinski definition) is 4. The fourth-order valence-electron chi connectivity index (χ4n) is 1.56. The van der Waals surface area contributed by atoms with E-state index in [-0.39, 0.29) is 10.7 Å². The molecule has 0 saturated carbocycles. The van der Waals surface area contributed by atoms with Gasteiger partial charge in [0.1, 0.15) is 16.6 Å². The third kappa shape index (κ3) is 2.57. The van der Waals surface area contributed by atoms with Gasteiger partial charge in [-0.25, -0.2) is 4.98 Å². The number of rotatable bonds is 3. The zero-order valence-electron chi connectivity index (χ0n) is 9.87. The van der Waals surface area contributed by atoms with Gasteiger partial charge in [0.05, 0.1) is 5.69 Å². The van der Waals surface area contributed by atoms with Gasteiger partial charge in [-0.15, -0.1) is 0 Å². The van der Waals surface area contributed by atoms with Gasteiger partial charge in [-0.05, 0) is 36.4 Å². The number of hydrogen-bond donors (Lipinski definition) is 2. The molecule has 0 amide bonds. The molecule has 0 fully saturated rings. The van der Waals surface area contributed by atoms with Gasteiger partial charge in [0, 0.05) is 12.7 Å². The molecule has 18 heavy (non-hydrogen) atoms. The maximum absolute atomic E-state index is 9.26. The van der Waals surface area contributed by atoms with E-state index in [1.807, 2.05) is 36.2 Å². The molecule has 2 rings (SSSR count). The molecule has 0 bridgehead atoms. The number of nitrogens with zero attached hydrogens (tertiary/aromatic N) is 2. The first-order valence-electron chi connectivity index (χ1n) is 5.37. The molecule has 1 heterocycles. The summed E-state index contributed by atoms with van der Waals surface area (Å²) in [5, 5.41) is 9.26. The molecular formula is C13H13N3OS. The number of benzene rings is 1. The van der Waals surface area contributed by atoms with E-state index >= 15 is 0 Å². The van der Waals surface area contributed by atoms with Crippen LogP contribution in [0.5, 0.6) is 5.75 Å². The summed E-state index contributed by atoms with van der Waals surface area (Å²) < 4.78 is 0. The monoisotopic (exact) mass is 259 g/mol. The molecular weight excluding hydrogens is 246 g/mol. The van der Waals surface area contributed by atoms with Crippen molar-refractivity contribution in [1.29, 1.82) is 0 Å². The first-order chi connectivity index (χ1) is 8.58. The Morgan fingerprint density at radius 3 is 2.50 bits per heavy atom. The summed E-state index contributed by atoms with van der Waals surface area (Å²) in [7, 11) is 1.89. The molecule has 1 aromatic heterocycles. The number of aromatic nitrogens is 1. The predicted molar refractivity (Wildman–Crippen MR) is 76.3 cm³/mol. The zero-order valence-corrected chi connectivity index (χ0v) is 10.7. The highest BCUT2D eigenvalue weighted by Crippen LogP contribution is 2.23. The SMILES string of the molecule is CN(c1ccc(O)cc1)c1cccc(C(N)=S)n1. The van der Waals surface area contributed by atoms with E-state index in [2.05, 4.69) is 4.98 Å². The lowest BCUT2D eigenvalue weighted by molar-refractivity contribution is 0.475. The smallest absolute Gasteiger partial charge is 0.133 e. The van der Waals surface area contributed by atoms with Gasteiger partial charge in [-0.2, -0.15) is 0 Å². The molecule has 2 aromatic rings. The molecule has 0 atom stereocenters. The quantitative estimate of drug-likeness (QED) is 0.827. The van der Waals surface area contributed by atoms with Crippen molar-refractivity contribution in [2.45, 2.75) is 0 Å². The van der Waals surface area contributed by atoms with Crippen LogP contribution in [0.4, 0.5) is 11.5 Å². The molecule has 0 aliphatic heterocycles. The number of anilines is 2. The van der Waals surface area contributed by atoms with Crippen molar-refractivity contribution in [3.63, 3.8) is 0 Å². The zero-order chi connectivity index (χ0) is 13.1. The molecule has 0 aliphatic rings. The fraction of sp³-hybridized carbons (Fsp3) is 0.0769. The molecule has 0 spiro atoms. The maximum atomic E-state index is 9.26. The minimum Gasteiger partial charge on any atom is -0.508 e. The second-order valence-electron chi connectivity index (χ2n) is 3.82. The molecule has 4 nitrogen and oxygen atoms in total. The minimum atomic E-state index is 0.233. The Morgan fingerprint density at radius 1 is 1.22 bits per heavy atom. The summed E-state index contributed by atoms with van der Waals surface area (Å²) >= 11 is 4.91. The fourth-order valence-corrected chi connectivity index (χ4v) is 1.67. The summed E-state index contributed by atoms with van der Waals surface area (Å²) in [5.74, 6) is 0.975.